The molecule has 0 radical (unpaired) electrons. The SMILES string of the molecule is CC(CN)C(=O)N1CCN2CCCC2C1. The van der Waals surface area contributed by atoms with Crippen LogP contribution in [0.5, 0.6) is 0 Å². The van der Waals surface area contributed by atoms with Crippen molar-refractivity contribution >= 4 is 5.91 Å². The summed E-state index contributed by atoms with van der Waals surface area (Å²) >= 11 is 0. The number of hydrogen-bond acceptors (Lipinski definition) is 3. The summed E-state index contributed by atoms with van der Waals surface area (Å²) in [7, 11) is 0. The Morgan fingerprint density at radius 3 is 3.00 bits per heavy atom. The molecule has 0 bridgehead atoms. The summed E-state index contributed by atoms with van der Waals surface area (Å²) in [4.78, 5) is 16.5. The van der Waals surface area contributed by atoms with Crippen LogP contribution in [0.2, 0.25) is 0 Å². The Morgan fingerprint density at radius 2 is 2.27 bits per heavy atom. The number of piperazine rings is 1. The molecule has 2 N–H and O–H groups in total. The highest BCUT2D eigenvalue weighted by Gasteiger charge is 2.33. The van der Waals surface area contributed by atoms with Crippen molar-refractivity contribution in [3.05, 3.63) is 0 Å². The van der Waals surface area contributed by atoms with Gasteiger partial charge in [0.15, 0.2) is 0 Å². The fourth-order valence-electron chi connectivity index (χ4n) is 2.60. The van der Waals surface area contributed by atoms with Crippen LogP contribution in [0.1, 0.15) is 19.8 Å². The van der Waals surface area contributed by atoms with Gasteiger partial charge in [0, 0.05) is 38.1 Å². The maximum atomic E-state index is 11.9. The molecule has 0 spiro atoms. The molecule has 2 aliphatic rings. The molecule has 2 rings (SSSR count). The fourth-order valence-corrected chi connectivity index (χ4v) is 2.60. The molecule has 2 saturated heterocycles. The van der Waals surface area contributed by atoms with Gasteiger partial charge in [0.2, 0.25) is 5.91 Å². The van der Waals surface area contributed by atoms with Crippen molar-refractivity contribution in [1.82, 2.24) is 9.80 Å². The van der Waals surface area contributed by atoms with Gasteiger partial charge in [-0.1, -0.05) is 6.92 Å². The van der Waals surface area contributed by atoms with Crippen LogP contribution in [0.3, 0.4) is 0 Å². The lowest BCUT2D eigenvalue weighted by Gasteiger charge is -2.38. The second-order valence-electron chi connectivity index (χ2n) is 4.75. The Labute approximate surface area is 91.4 Å². The highest BCUT2D eigenvalue weighted by Crippen LogP contribution is 2.22. The first kappa shape index (κ1) is 10.9. The van der Waals surface area contributed by atoms with E-state index in [1.165, 1.54) is 19.4 Å². The maximum absolute atomic E-state index is 11.9. The van der Waals surface area contributed by atoms with Gasteiger partial charge in [0.05, 0.1) is 0 Å². The highest BCUT2D eigenvalue weighted by molar-refractivity contribution is 5.78. The molecule has 0 aromatic carbocycles. The van der Waals surface area contributed by atoms with Crippen LogP contribution in [-0.2, 0) is 4.79 Å². The second kappa shape index (κ2) is 4.49. The van der Waals surface area contributed by atoms with Crippen LogP contribution in [0.25, 0.3) is 0 Å². The summed E-state index contributed by atoms with van der Waals surface area (Å²) in [5.41, 5.74) is 5.53. The lowest BCUT2D eigenvalue weighted by Crippen LogP contribution is -2.53. The van der Waals surface area contributed by atoms with Gasteiger partial charge in [0.1, 0.15) is 0 Å². The number of carbonyl (C=O) groups is 1. The number of amides is 1. The number of nitrogens with two attached hydrogens (primary N) is 1. The predicted octanol–water partition coefficient (Wildman–Crippen LogP) is -0.112. The molecule has 0 saturated carbocycles. The molecule has 2 aliphatic heterocycles. The monoisotopic (exact) mass is 211 g/mol. The molecule has 0 aromatic rings. The van der Waals surface area contributed by atoms with Crippen LogP contribution in [0.15, 0.2) is 0 Å². The third-order valence-corrected chi connectivity index (χ3v) is 3.67. The number of nitrogens with zero attached hydrogens (tertiary/aromatic N) is 2. The molecule has 0 aromatic heterocycles. The van der Waals surface area contributed by atoms with Crippen LogP contribution in [-0.4, -0.2) is 54.5 Å². The normalized spacial score (nSPS) is 28.9. The first-order valence-electron chi connectivity index (χ1n) is 5.95. The van der Waals surface area contributed by atoms with Gasteiger partial charge in [-0.15, -0.1) is 0 Å². The molecule has 15 heavy (non-hydrogen) atoms. The molecule has 4 nitrogen and oxygen atoms in total. The van der Waals surface area contributed by atoms with E-state index >= 15 is 0 Å². The van der Waals surface area contributed by atoms with E-state index < -0.39 is 0 Å². The zero-order valence-electron chi connectivity index (χ0n) is 9.48. The first-order chi connectivity index (χ1) is 7.22. The molecule has 2 atom stereocenters. The van der Waals surface area contributed by atoms with Gasteiger partial charge >= 0.3 is 0 Å². The summed E-state index contributed by atoms with van der Waals surface area (Å²) < 4.78 is 0. The molecule has 0 aliphatic carbocycles. The van der Waals surface area contributed by atoms with E-state index in [1.54, 1.807) is 0 Å². The van der Waals surface area contributed by atoms with Crippen molar-refractivity contribution < 1.29 is 4.79 Å². The van der Waals surface area contributed by atoms with Gasteiger partial charge in [-0.05, 0) is 19.4 Å². The number of rotatable bonds is 2. The largest absolute Gasteiger partial charge is 0.340 e. The van der Waals surface area contributed by atoms with Gasteiger partial charge in [-0.25, -0.2) is 0 Å². The van der Waals surface area contributed by atoms with Crippen LogP contribution >= 0.6 is 0 Å². The fraction of sp³-hybridized carbons (Fsp3) is 0.909. The summed E-state index contributed by atoms with van der Waals surface area (Å²) in [6, 6.07) is 0.618. The van der Waals surface area contributed by atoms with E-state index in [9.17, 15) is 4.79 Å². The topological polar surface area (TPSA) is 49.6 Å². The average Bonchev–Trinajstić information content (AvgIpc) is 2.73. The maximum Gasteiger partial charge on any atom is 0.226 e. The quantitative estimate of drug-likeness (QED) is 0.693. The van der Waals surface area contributed by atoms with Crippen molar-refractivity contribution in [2.24, 2.45) is 11.7 Å². The van der Waals surface area contributed by atoms with Gasteiger partial charge < -0.3 is 10.6 Å². The van der Waals surface area contributed by atoms with Gasteiger partial charge in [-0.2, -0.15) is 0 Å². The minimum atomic E-state index is -0.0158. The Hall–Kier alpha value is -0.610. The summed E-state index contributed by atoms with van der Waals surface area (Å²) in [5.74, 6) is 0.224. The molecule has 1 amide bonds. The molecular formula is C11H21N3O. The Balaban J connectivity index is 1.92. The first-order valence-corrected chi connectivity index (χ1v) is 5.95. The van der Waals surface area contributed by atoms with E-state index in [4.69, 9.17) is 5.73 Å². The third kappa shape index (κ3) is 2.16. The van der Waals surface area contributed by atoms with Gasteiger partial charge in [-0.3, -0.25) is 9.69 Å². The van der Waals surface area contributed by atoms with Crippen molar-refractivity contribution in [2.45, 2.75) is 25.8 Å². The molecule has 2 heterocycles. The van der Waals surface area contributed by atoms with Crippen LogP contribution < -0.4 is 5.73 Å². The van der Waals surface area contributed by atoms with Crippen molar-refractivity contribution in [3.8, 4) is 0 Å². The van der Waals surface area contributed by atoms with Crippen molar-refractivity contribution in [2.75, 3.05) is 32.7 Å². The Morgan fingerprint density at radius 1 is 1.47 bits per heavy atom. The van der Waals surface area contributed by atoms with Crippen molar-refractivity contribution in [3.63, 3.8) is 0 Å². The van der Waals surface area contributed by atoms with E-state index in [2.05, 4.69) is 4.90 Å². The van der Waals surface area contributed by atoms with E-state index in [-0.39, 0.29) is 11.8 Å². The number of fused-ring (bicyclic) bond motifs is 1. The second-order valence-corrected chi connectivity index (χ2v) is 4.75. The van der Waals surface area contributed by atoms with Crippen LogP contribution in [0, 0.1) is 5.92 Å². The molecule has 2 unspecified atom stereocenters. The molecule has 2 fully saturated rings. The summed E-state index contributed by atoms with van der Waals surface area (Å²) in [5, 5.41) is 0. The Kier molecular flexibility index (Phi) is 3.26. The smallest absolute Gasteiger partial charge is 0.226 e. The molecule has 86 valence electrons. The molecule has 4 heteroatoms. The third-order valence-electron chi connectivity index (χ3n) is 3.67. The van der Waals surface area contributed by atoms with Gasteiger partial charge in [0.25, 0.3) is 0 Å². The van der Waals surface area contributed by atoms with Crippen molar-refractivity contribution in [1.29, 1.82) is 0 Å². The average molecular weight is 211 g/mol. The molecular weight excluding hydrogens is 190 g/mol. The minimum absolute atomic E-state index is 0.0158. The van der Waals surface area contributed by atoms with E-state index in [0.29, 0.717) is 12.6 Å². The summed E-state index contributed by atoms with van der Waals surface area (Å²) in [6.45, 7) is 6.46. The standard InChI is InChI=1S/C11H21N3O/c1-9(7-12)11(15)14-6-5-13-4-2-3-10(13)8-14/h9-10H,2-8,12H2,1H3. The number of hydrogen-bond donors (Lipinski definition) is 1. The summed E-state index contributed by atoms with van der Waals surface area (Å²) in [6.07, 6.45) is 2.54. The zero-order valence-corrected chi connectivity index (χ0v) is 9.48. The highest BCUT2D eigenvalue weighted by atomic mass is 16.2. The minimum Gasteiger partial charge on any atom is -0.340 e. The lowest BCUT2D eigenvalue weighted by molar-refractivity contribution is -0.137. The lowest BCUT2D eigenvalue weighted by atomic mass is 10.1. The van der Waals surface area contributed by atoms with E-state index in [1.807, 2.05) is 11.8 Å². The Bertz CT molecular complexity index is 244. The van der Waals surface area contributed by atoms with Crippen LogP contribution in [0.4, 0.5) is 0 Å². The predicted molar refractivity (Wildman–Crippen MR) is 59.4 cm³/mol. The number of carbonyl (C=O) groups excluding carboxylic acids is 1. The van der Waals surface area contributed by atoms with E-state index in [0.717, 1.165) is 19.6 Å². The zero-order chi connectivity index (χ0) is 10.8.